The van der Waals surface area contributed by atoms with E-state index in [4.69, 9.17) is 0 Å². The van der Waals surface area contributed by atoms with Crippen LogP contribution < -0.4 is 10.5 Å². The van der Waals surface area contributed by atoms with E-state index in [0.717, 1.165) is 32.1 Å². The first kappa shape index (κ1) is 18.5. The Balaban J connectivity index is 1.31. The number of carbonyl (C=O) groups excluding carboxylic acids is 1. The fourth-order valence-electron chi connectivity index (χ4n) is 3.66. The van der Waals surface area contributed by atoms with Crippen LogP contribution in [0.25, 0.3) is 0 Å². The predicted molar refractivity (Wildman–Crippen MR) is 104 cm³/mol. The molecule has 2 aromatic rings. The molecule has 0 radical (unpaired) electrons. The Kier molecular flexibility index (Phi) is 5.08. The molecule has 0 bridgehead atoms. The van der Waals surface area contributed by atoms with Crippen LogP contribution in [-0.2, 0) is 0 Å². The van der Waals surface area contributed by atoms with Gasteiger partial charge in [-0.15, -0.1) is 0 Å². The lowest BCUT2D eigenvalue weighted by Gasteiger charge is -2.48. The van der Waals surface area contributed by atoms with E-state index in [1.807, 2.05) is 19.9 Å². The van der Waals surface area contributed by atoms with E-state index >= 15 is 0 Å². The molecule has 0 aromatic carbocycles. The average molecular weight is 383 g/mol. The second kappa shape index (κ2) is 7.67. The smallest absolute Gasteiger partial charge is 0.274 e. The van der Waals surface area contributed by atoms with E-state index in [-0.39, 0.29) is 17.5 Å². The van der Waals surface area contributed by atoms with Gasteiger partial charge in [0.05, 0.1) is 6.04 Å². The van der Waals surface area contributed by atoms with Crippen LogP contribution in [0.2, 0.25) is 0 Å². The SMILES string of the molecule is CC(C)n1nc(C(=O)N2CC(N3CCN(c4ncccn4)CC3)C2)ccc1=O. The molecule has 0 unspecified atom stereocenters. The number of aromatic nitrogens is 4. The number of hydrogen-bond donors (Lipinski definition) is 0. The van der Waals surface area contributed by atoms with E-state index in [1.54, 1.807) is 17.3 Å². The summed E-state index contributed by atoms with van der Waals surface area (Å²) >= 11 is 0. The molecule has 9 nitrogen and oxygen atoms in total. The molecule has 2 saturated heterocycles. The molecule has 2 aliphatic rings. The van der Waals surface area contributed by atoms with Gasteiger partial charge in [-0.3, -0.25) is 14.5 Å². The largest absolute Gasteiger partial charge is 0.338 e. The Morgan fingerprint density at radius 2 is 1.75 bits per heavy atom. The van der Waals surface area contributed by atoms with Gasteiger partial charge in [0.25, 0.3) is 11.5 Å². The molecular weight excluding hydrogens is 358 g/mol. The Labute approximate surface area is 163 Å². The first-order chi connectivity index (χ1) is 13.5. The molecule has 148 valence electrons. The third kappa shape index (κ3) is 3.62. The highest BCUT2D eigenvalue weighted by Crippen LogP contribution is 2.20. The summed E-state index contributed by atoms with van der Waals surface area (Å²) in [5.74, 6) is 0.667. The van der Waals surface area contributed by atoms with Crippen molar-refractivity contribution in [3.8, 4) is 0 Å². The van der Waals surface area contributed by atoms with Crippen molar-refractivity contribution in [2.45, 2.75) is 25.9 Å². The van der Waals surface area contributed by atoms with Crippen LogP contribution in [0.5, 0.6) is 0 Å². The zero-order chi connectivity index (χ0) is 19.7. The van der Waals surface area contributed by atoms with Crippen LogP contribution in [0.1, 0.15) is 30.4 Å². The van der Waals surface area contributed by atoms with E-state index in [2.05, 4.69) is 24.9 Å². The Hall–Kier alpha value is -2.81. The second-order valence-corrected chi connectivity index (χ2v) is 7.53. The fraction of sp³-hybridized carbons (Fsp3) is 0.526. The number of amides is 1. The van der Waals surface area contributed by atoms with Gasteiger partial charge in [-0.1, -0.05) is 0 Å². The minimum Gasteiger partial charge on any atom is -0.338 e. The molecule has 0 aliphatic carbocycles. The second-order valence-electron chi connectivity index (χ2n) is 7.53. The maximum Gasteiger partial charge on any atom is 0.274 e. The normalized spacial score (nSPS) is 18.4. The third-order valence-corrected chi connectivity index (χ3v) is 5.35. The van der Waals surface area contributed by atoms with Crippen molar-refractivity contribution in [3.05, 3.63) is 46.6 Å². The molecule has 0 saturated carbocycles. The van der Waals surface area contributed by atoms with E-state index < -0.39 is 0 Å². The number of likely N-dealkylation sites (tertiary alicyclic amines) is 1. The van der Waals surface area contributed by atoms with Gasteiger partial charge in [-0.2, -0.15) is 5.10 Å². The van der Waals surface area contributed by atoms with Gasteiger partial charge in [-0.25, -0.2) is 14.6 Å². The van der Waals surface area contributed by atoms with Crippen molar-refractivity contribution in [2.75, 3.05) is 44.2 Å². The number of piperazine rings is 1. The monoisotopic (exact) mass is 383 g/mol. The fourth-order valence-corrected chi connectivity index (χ4v) is 3.66. The summed E-state index contributed by atoms with van der Waals surface area (Å²) in [6, 6.07) is 5.06. The van der Waals surface area contributed by atoms with Crippen molar-refractivity contribution < 1.29 is 4.79 Å². The molecule has 2 fully saturated rings. The Morgan fingerprint density at radius 3 is 2.39 bits per heavy atom. The zero-order valence-electron chi connectivity index (χ0n) is 16.2. The van der Waals surface area contributed by atoms with Crippen LogP contribution >= 0.6 is 0 Å². The summed E-state index contributed by atoms with van der Waals surface area (Å²) in [5.41, 5.74) is 0.145. The molecule has 2 aliphatic heterocycles. The molecular formula is C19H25N7O2. The molecule has 9 heteroatoms. The summed E-state index contributed by atoms with van der Waals surface area (Å²) in [6.45, 7) is 8.78. The minimum absolute atomic E-state index is 0.0747. The third-order valence-electron chi connectivity index (χ3n) is 5.35. The van der Waals surface area contributed by atoms with E-state index in [0.29, 0.717) is 24.8 Å². The first-order valence-electron chi connectivity index (χ1n) is 9.68. The summed E-state index contributed by atoms with van der Waals surface area (Å²) in [5, 5.41) is 4.23. The quantitative estimate of drug-likeness (QED) is 0.748. The summed E-state index contributed by atoms with van der Waals surface area (Å²) < 4.78 is 1.36. The van der Waals surface area contributed by atoms with Crippen LogP contribution in [0.3, 0.4) is 0 Å². The summed E-state index contributed by atoms with van der Waals surface area (Å²) in [4.78, 5) is 39.6. The Bertz CT molecular complexity index is 885. The highest BCUT2D eigenvalue weighted by Gasteiger charge is 2.37. The average Bonchev–Trinajstić information content (AvgIpc) is 2.68. The van der Waals surface area contributed by atoms with Gasteiger partial charge in [0.1, 0.15) is 5.69 Å². The maximum atomic E-state index is 12.7. The molecule has 0 atom stereocenters. The number of anilines is 1. The molecule has 1 amide bonds. The molecule has 4 heterocycles. The zero-order valence-corrected chi connectivity index (χ0v) is 16.2. The number of rotatable bonds is 4. The van der Waals surface area contributed by atoms with Gasteiger partial charge < -0.3 is 9.80 Å². The van der Waals surface area contributed by atoms with Crippen molar-refractivity contribution >= 4 is 11.9 Å². The minimum atomic E-state index is -0.187. The van der Waals surface area contributed by atoms with Crippen molar-refractivity contribution in [3.63, 3.8) is 0 Å². The highest BCUT2D eigenvalue weighted by atomic mass is 16.2. The molecule has 0 N–H and O–H groups in total. The van der Waals surface area contributed by atoms with Gasteiger partial charge in [0.15, 0.2) is 0 Å². The van der Waals surface area contributed by atoms with E-state index in [9.17, 15) is 9.59 Å². The molecule has 4 rings (SSSR count). The number of hydrogen-bond acceptors (Lipinski definition) is 7. The van der Waals surface area contributed by atoms with Crippen molar-refractivity contribution in [1.29, 1.82) is 0 Å². The van der Waals surface area contributed by atoms with Crippen LogP contribution in [-0.4, -0.2) is 80.8 Å². The van der Waals surface area contributed by atoms with Crippen LogP contribution in [0, 0.1) is 0 Å². The lowest BCUT2D eigenvalue weighted by molar-refractivity contribution is 0.0239. The van der Waals surface area contributed by atoms with Gasteiger partial charge >= 0.3 is 0 Å². The van der Waals surface area contributed by atoms with Crippen molar-refractivity contribution in [2.24, 2.45) is 0 Å². The van der Waals surface area contributed by atoms with Crippen molar-refractivity contribution in [1.82, 2.24) is 29.5 Å². The molecule has 2 aromatic heterocycles. The molecule has 28 heavy (non-hydrogen) atoms. The topological polar surface area (TPSA) is 87.5 Å². The number of carbonyl (C=O) groups is 1. The predicted octanol–water partition coefficient (Wildman–Crippen LogP) is 0.261. The number of nitrogens with zero attached hydrogens (tertiary/aromatic N) is 7. The standard InChI is InChI=1S/C19H25N7O2/c1-14(2)26-17(27)5-4-16(22-26)18(28)25-12-15(13-25)23-8-10-24(11-9-23)19-20-6-3-7-21-19/h3-7,14-15H,8-13H2,1-2H3. The Morgan fingerprint density at radius 1 is 1.07 bits per heavy atom. The van der Waals surface area contributed by atoms with E-state index in [1.165, 1.54) is 16.8 Å². The van der Waals surface area contributed by atoms with Gasteiger partial charge in [0, 0.05) is 63.8 Å². The summed E-state index contributed by atoms with van der Waals surface area (Å²) in [6.07, 6.45) is 3.53. The van der Waals surface area contributed by atoms with Crippen LogP contribution in [0.15, 0.2) is 35.4 Å². The van der Waals surface area contributed by atoms with Crippen LogP contribution in [0.4, 0.5) is 5.95 Å². The summed E-state index contributed by atoms with van der Waals surface area (Å²) in [7, 11) is 0. The van der Waals surface area contributed by atoms with Gasteiger partial charge in [-0.05, 0) is 26.0 Å². The maximum absolute atomic E-state index is 12.7. The highest BCUT2D eigenvalue weighted by molar-refractivity contribution is 5.92. The first-order valence-corrected chi connectivity index (χ1v) is 9.68. The lowest BCUT2D eigenvalue weighted by Crippen LogP contribution is -2.64. The lowest BCUT2D eigenvalue weighted by atomic mass is 10.1. The molecule has 0 spiro atoms. The van der Waals surface area contributed by atoms with Gasteiger partial charge in [0.2, 0.25) is 5.95 Å².